The molecule has 0 saturated carbocycles. The summed E-state index contributed by atoms with van der Waals surface area (Å²) in [6.45, 7) is 6.49. The SMILES string of the molecule is CC(C)CNCCc1coc2c(Br)c3ccccc3cc12. The van der Waals surface area contributed by atoms with Gasteiger partial charge in [0.1, 0.15) is 5.58 Å². The van der Waals surface area contributed by atoms with Gasteiger partial charge in [0.2, 0.25) is 0 Å². The Labute approximate surface area is 133 Å². The van der Waals surface area contributed by atoms with E-state index in [1.807, 2.05) is 6.26 Å². The molecule has 2 nitrogen and oxygen atoms in total. The first-order valence-electron chi connectivity index (χ1n) is 7.45. The smallest absolute Gasteiger partial charge is 0.148 e. The highest BCUT2D eigenvalue weighted by atomic mass is 79.9. The van der Waals surface area contributed by atoms with Gasteiger partial charge in [0.15, 0.2) is 0 Å². The summed E-state index contributed by atoms with van der Waals surface area (Å²) in [6, 6.07) is 10.6. The molecule has 0 aliphatic heterocycles. The number of furan rings is 1. The number of benzene rings is 2. The minimum absolute atomic E-state index is 0.684. The van der Waals surface area contributed by atoms with Gasteiger partial charge in [-0.1, -0.05) is 38.1 Å². The number of hydrogen-bond donors (Lipinski definition) is 1. The van der Waals surface area contributed by atoms with Gasteiger partial charge < -0.3 is 9.73 Å². The van der Waals surface area contributed by atoms with Crippen molar-refractivity contribution in [2.45, 2.75) is 20.3 Å². The molecule has 110 valence electrons. The monoisotopic (exact) mass is 345 g/mol. The zero-order chi connectivity index (χ0) is 14.8. The minimum Gasteiger partial charge on any atom is -0.463 e. The first kappa shape index (κ1) is 14.6. The third kappa shape index (κ3) is 2.99. The fourth-order valence-corrected chi connectivity index (χ4v) is 3.31. The van der Waals surface area contributed by atoms with Gasteiger partial charge in [-0.05, 0) is 63.8 Å². The summed E-state index contributed by atoms with van der Waals surface area (Å²) in [5.74, 6) is 0.684. The van der Waals surface area contributed by atoms with Crippen molar-refractivity contribution in [2.75, 3.05) is 13.1 Å². The lowest BCUT2D eigenvalue weighted by Crippen LogP contribution is -2.21. The molecule has 0 spiro atoms. The quantitative estimate of drug-likeness (QED) is 0.648. The van der Waals surface area contributed by atoms with E-state index in [1.54, 1.807) is 0 Å². The van der Waals surface area contributed by atoms with Gasteiger partial charge in [-0.15, -0.1) is 0 Å². The van der Waals surface area contributed by atoms with Crippen molar-refractivity contribution in [3.8, 4) is 0 Å². The molecule has 0 amide bonds. The van der Waals surface area contributed by atoms with Gasteiger partial charge in [-0.25, -0.2) is 0 Å². The van der Waals surface area contributed by atoms with Crippen LogP contribution in [0.4, 0.5) is 0 Å². The summed E-state index contributed by atoms with van der Waals surface area (Å²) in [5.41, 5.74) is 2.22. The molecule has 3 rings (SSSR count). The molecule has 0 saturated heterocycles. The van der Waals surface area contributed by atoms with Crippen LogP contribution in [0.1, 0.15) is 19.4 Å². The molecular weight excluding hydrogens is 326 g/mol. The second kappa shape index (κ2) is 6.20. The van der Waals surface area contributed by atoms with E-state index < -0.39 is 0 Å². The maximum atomic E-state index is 5.79. The highest BCUT2D eigenvalue weighted by Crippen LogP contribution is 2.35. The van der Waals surface area contributed by atoms with Crippen molar-refractivity contribution in [3.63, 3.8) is 0 Å². The van der Waals surface area contributed by atoms with Crippen molar-refractivity contribution < 1.29 is 4.42 Å². The molecule has 2 aromatic carbocycles. The van der Waals surface area contributed by atoms with Gasteiger partial charge in [0.05, 0.1) is 10.7 Å². The van der Waals surface area contributed by atoms with Crippen LogP contribution in [0.2, 0.25) is 0 Å². The van der Waals surface area contributed by atoms with E-state index in [9.17, 15) is 0 Å². The Hall–Kier alpha value is -1.32. The van der Waals surface area contributed by atoms with Gasteiger partial charge in [-0.2, -0.15) is 0 Å². The third-order valence-electron chi connectivity index (χ3n) is 3.73. The molecule has 1 aromatic heterocycles. The number of halogens is 1. The summed E-state index contributed by atoms with van der Waals surface area (Å²) in [5, 5.41) is 7.14. The van der Waals surface area contributed by atoms with Crippen molar-refractivity contribution >= 4 is 37.7 Å². The van der Waals surface area contributed by atoms with Crippen LogP contribution in [0.15, 0.2) is 45.5 Å². The van der Waals surface area contributed by atoms with E-state index in [2.05, 4.69) is 65.4 Å². The Morgan fingerprint density at radius 1 is 1.19 bits per heavy atom. The molecule has 21 heavy (non-hydrogen) atoms. The molecule has 1 N–H and O–H groups in total. The fraction of sp³-hybridized carbons (Fsp3) is 0.333. The molecule has 3 heteroatoms. The second-order valence-corrected chi connectivity index (χ2v) is 6.69. The lowest BCUT2D eigenvalue weighted by Gasteiger charge is -2.06. The number of hydrogen-bond acceptors (Lipinski definition) is 2. The van der Waals surface area contributed by atoms with Crippen molar-refractivity contribution in [2.24, 2.45) is 5.92 Å². The Balaban J connectivity index is 1.90. The van der Waals surface area contributed by atoms with Gasteiger partial charge in [0, 0.05) is 5.39 Å². The van der Waals surface area contributed by atoms with Crippen LogP contribution in [-0.2, 0) is 6.42 Å². The van der Waals surface area contributed by atoms with Gasteiger partial charge in [-0.3, -0.25) is 0 Å². The predicted octanol–water partition coefficient (Wildman–Crippen LogP) is 5.14. The molecule has 0 radical (unpaired) electrons. The van der Waals surface area contributed by atoms with Crippen LogP contribution in [0.5, 0.6) is 0 Å². The van der Waals surface area contributed by atoms with Crippen LogP contribution >= 0.6 is 15.9 Å². The average molecular weight is 346 g/mol. The van der Waals surface area contributed by atoms with Gasteiger partial charge in [0.25, 0.3) is 0 Å². The topological polar surface area (TPSA) is 25.2 Å². The molecular formula is C18H20BrNO. The molecule has 0 fully saturated rings. The Morgan fingerprint density at radius 2 is 2.00 bits per heavy atom. The summed E-state index contributed by atoms with van der Waals surface area (Å²) >= 11 is 3.69. The van der Waals surface area contributed by atoms with E-state index in [0.29, 0.717) is 5.92 Å². The lowest BCUT2D eigenvalue weighted by atomic mass is 10.0. The molecule has 0 atom stereocenters. The molecule has 3 aromatic rings. The third-order valence-corrected chi connectivity index (χ3v) is 4.52. The Kier molecular flexibility index (Phi) is 4.32. The van der Waals surface area contributed by atoms with Crippen molar-refractivity contribution in [1.82, 2.24) is 5.32 Å². The summed E-state index contributed by atoms with van der Waals surface area (Å²) in [4.78, 5) is 0. The summed E-state index contributed by atoms with van der Waals surface area (Å²) in [6.07, 6.45) is 2.88. The summed E-state index contributed by atoms with van der Waals surface area (Å²) < 4.78 is 6.84. The van der Waals surface area contributed by atoms with Crippen molar-refractivity contribution in [1.29, 1.82) is 0 Å². The molecule has 0 bridgehead atoms. The van der Waals surface area contributed by atoms with E-state index >= 15 is 0 Å². The van der Waals surface area contributed by atoms with E-state index in [4.69, 9.17) is 4.42 Å². The van der Waals surface area contributed by atoms with Crippen LogP contribution in [0.25, 0.3) is 21.7 Å². The molecule has 0 aliphatic carbocycles. The highest BCUT2D eigenvalue weighted by Gasteiger charge is 2.12. The largest absolute Gasteiger partial charge is 0.463 e. The van der Waals surface area contributed by atoms with Crippen LogP contribution in [0, 0.1) is 5.92 Å². The Bertz CT molecular complexity index is 760. The van der Waals surface area contributed by atoms with Crippen LogP contribution in [0.3, 0.4) is 0 Å². The maximum Gasteiger partial charge on any atom is 0.148 e. The number of fused-ring (bicyclic) bond motifs is 2. The standard InChI is InChI=1S/C18H20BrNO/c1-12(2)10-20-8-7-14-11-21-18-16(14)9-13-5-3-4-6-15(13)17(18)19/h3-6,9,11-12,20H,7-8,10H2,1-2H3. The van der Waals surface area contributed by atoms with E-state index in [1.165, 1.54) is 21.7 Å². The molecule has 0 aliphatic rings. The highest BCUT2D eigenvalue weighted by molar-refractivity contribution is 9.10. The zero-order valence-electron chi connectivity index (χ0n) is 12.4. The first-order chi connectivity index (χ1) is 10.2. The summed E-state index contributed by atoms with van der Waals surface area (Å²) in [7, 11) is 0. The van der Waals surface area contributed by atoms with Gasteiger partial charge >= 0.3 is 0 Å². The maximum absolute atomic E-state index is 5.79. The lowest BCUT2D eigenvalue weighted by molar-refractivity contribution is 0.552. The Morgan fingerprint density at radius 3 is 2.81 bits per heavy atom. The van der Waals surface area contributed by atoms with Crippen LogP contribution < -0.4 is 5.32 Å². The average Bonchev–Trinajstić information content (AvgIpc) is 2.87. The second-order valence-electron chi connectivity index (χ2n) is 5.90. The first-order valence-corrected chi connectivity index (χ1v) is 8.24. The van der Waals surface area contributed by atoms with E-state index in [-0.39, 0.29) is 0 Å². The minimum atomic E-state index is 0.684. The van der Waals surface area contributed by atoms with Crippen LogP contribution in [-0.4, -0.2) is 13.1 Å². The predicted molar refractivity (Wildman–Crippen MR) is 92.8 cm³/mol. The zero-order valence-corrected chi connectivity index (χ0v) is 14.0. The number of nitrogens with one attached hydrogen (secondary N) is 1. The molecule has 0 unspecified atom stereocenters. The molecule has 1 heterocycles. The normalized spacial score (nSPS) is 11.8. The number of rotatable bonds is 5. The van der Waals surface area contributed by atoms with Crippen molar-refractivity contribution in [3.05, 3.63) is 46.6 Å². The van der Waals surface area contributed by atoms with E-state index in [0.717, 1.165) is 29.6 Å². The fourth-order valence-electron chi connectivity index (χ4n) is 2.64.